The van der Waals surface area contributed by atoms with Crippen molar-refractivity contribution < 1.29 is 4.79 Å². The number of carbonyl (C=O) groups excluding carboxylic acids is 1. The minimum atomic E-state index is -0.181. The molecule has 2 heterocycles. The Morgan fingerprint density at radius 2 is 1.88 bits per heavy atom. The average molecular weight is 319 g/mol. The van der Waals surface area contributed by atoms with E-state index in [0.29, 0.717) is 17.4 Å². The molecule has 0 spiro atoms. The van der Waals surface area contributed by atoms with Crippen molar-refractivity contribution in [3.8, 4) is 0 Å². The Bertz CT molecular complexity index is 978. The number of hydrogen-bond acceptors (Lipinski definition) is 3. The molecular weight excluding hydrogens is 302 g/mol. The first-order valence-electron chi connectivity index (χ1n) is 8.06. The van der Waals surface area contributed by atoms with E-state index in [0.717, 1.165) is 18.5 Å². The second kappa shape index (κ2) is 5.92. The van der Waals surface area contributed by atoms with Crippen LogP contribution in [0.15, 0.2) is 59.7 Å². The van der Waals surface area contributed by atoms with Crippen molar-refractivity contribution in [1.82, 2.24) is 9.55 Å². The van der Waals surface area contributed by atoms with Gasteiger partial charge < -0.3 is 4.90 Å². The van der Waals surface area contributed by atoms with Crippen LogP contribution in [0.2, 0.25) is 0 Å². The Kier molecular flexibility index (Phi) is 3.61. The number of nitrogens with zero attached hydrogens (tertiary/aromatic N) is 3. The Morgan fingerprint density at radius 3 is 2.79 bits per heavy atom. The molecule has 0 bridgehead atoms. The lowest BCUT2D eigenvalue weighted by Gasteiger charge is -2.29. The summed E-state index contributed by atoms with van der Waals surface area (Å²) in [5.74, 6) is -0.0821. The first kappa shape index (κ1) is 14.6. The number of hydrogen-bond donors (Lipinski definition) is 0. The van der Waals surface area contributed by atoms with E-state index in [9.17, 15) is 9.59 Å². The van der Waals surface area contributed by atoms with Crippen LogP contribution < -0.4 is 10.5 Å². The number of amides is 1. The van der Waals surface area contributed by atoms with Crippen molar-refractivity contribution in [1.29, 1.82) is 0 Å². The number of fused-ring (bicyclic) bond motifs is 2. The van der Waals surface area contributed by atoms with Gasteiger partial charge in [-0.3, -0.25) is 14.2 Å². The molecule has 4 rings (SSSR count). The number of benzene rings is 2. The van der Waals surface area contributed by atoms with Gasteiger partial charge in [-0.25, -0.2) is 4.98 Å². The monoisotopic (exact) mass is 319 g/mol. The minimum Gasteiger partial charge on any atom is -0.311 e. The summed E-state index contributed by atoms with van der Waals surface area (Å²) in [5.41, 5.74) is 2.60. The third-order valence-corrected chi connectivity index (χ3v) is 4.45. The molecule has 0 aliphatic carbocycles. The second-order valence-electron chi connectivity index (χ2n) is 5.97. The molecule has 0 N–H and O–H groups in total. The van der Waals surface area contributed by atoms with Gasteiger partial charge in [-0.05, 0) is 36.6 Å². The van der Waals surface area contributed by atoms with Gasteiger partial charge >= 0.3 is 0 Å². The Balaban J connectivity index is 1.66. The van der Waals surface area contributed by atoms with E-state index < -0.39 is 0 Å². The molecule has 0 saturated carbocycles. The first-order chi connectivity index (χ1) is 11.7. The molecule has 5 heteroatoms. The molecule has 0 radical (unpaired) electrons. The highest BCUT2D eigenvalue weighted by Gasteiger charge is 2.22. The van der Waals surface area contributed by atoms with Crippen LogP contribution in [-0.4, -0.2) is 22.0 Å². The second-order valence-corrected chi connectivity index (χ2v) is 5.97. The van der Waals surface area contributed by atoms with Crippen LogP contribution in [-0.2, 0) is 17.8 Å². The number of rotatable bonds is 2. The van der Waals surface area contributed by atoms with Gasteiger partial charge in [-0.2, -0.15) is 0 Å². The molecule has 0 saturated heterocycles. The van der Waals surface area contributed by atoms with Crippen LogP contribution in [0.1, 0.15) is 12.0 Å². The van der Waals surface area contributed by atoms with Gasteiger partial charge in [-0.15, -0.1) is 0 Å². The molecule has 1 amide bonds. The lowest BCUT2D eigenvalue weighted by molar-refractivity contribution is -0.119. The normalized spacial score (nSPS) is 13.8. The van der Waals surface area contributed by atoms with Gasteiger partial charge in [0.05, 0.1) is 17.2 Å². The summed E-state index contributed by atoms with van der Waals surface area (Å²) >= 11 is 0. The first-order valence-corrected chi connectivity index (χ1v) is 8.06. The molecule has 0 fully saturated rings. The van der Waals surface area contributed by atoms with E-state index in [1.807, 2.05) is 24.3 Å². The number of aromatic nitrogens is 2. The zero-order valence-corrected chi connectivity index (χ0v) is 13.2. The summed E-state index contributed by atoms with van der Waals surface area (Å²) in [6, 6.07) is 15.1. The van der Waals surface area contributed by atoms with Crippen LogP contribution in [0.3, 0.4) is 0 Å². The standard InChI is InChI=1S/C19H17N3O2/c23-18(22-11-5-7-14-6-1-4-10-17(14)22)12-21-13-20-16-9-3-2-8-15(16)19(21)24/h1-4,6,8-10,13H,5,7,11-12H2. The molecule has 0 unspecified atom stereocenters. The third kappa shape index (κ3) is 2.48. The summed E-state index contributed by atoms with van der Waals surface area (Å²) in [6.07, 6.45) is 3.38. The van der Waals surface area contributed by atoms with E-state index in [2.05, 4.69) is 11.1 Å². The molecule has 3 aromatic rings. The topological polar surface area (TPSA) is 55.2 Å². The lowest BCUT2D eigenvalue weighted by Crippen LogP contribution is -2.39. The SMILES string of the molecule is O=C(Cn1cnc2ccccc2c1=O)N1CCCc2ccccc21. The number of carbonyl (C=O) groups is 1. The van der Waals surface area contributed by atoms with Gasteiger partial charge in [-0.1, -0.05) is 30.3 Å². The highest BCUT2D eigenvalue weighted by atomic mass is 16.2. The van der Waals surface area contributed by atoms with Crippen molar-refractivity contribution in [2.45, 2.75) is 19.4 Å². The fourth-order valence-corrected chi connectivity index (χ4v) is 3.24. The minimum absolute atomic E-state index is 0.00496. The van der Waals surface area contributed by atoms with Crippen LogP contribution in [0.5, 0.6) is 0 Å². The summed E-state index contributed by atoms with van der Waals surface area (Å²) < 4.78 is 1.39. The Hall–Kier alpha value is -2.95. The van der Waals surface area contributed by atoms with Crippen LogP contribution in [0.4, 0.5) is 5.69 Å². The average Bonchev–Trinajstić information content (AvgIpc) is 2.63. The maximum Gasteiger partial charge on any atom is 0.261 e. The Morgan fingerprint density at radius 1 is 1.08 bits per heavy atom. The van der Waals surface area contributed by atoms with Gasteiger partial charge in [0, 0.05) is 12.2 Å². The predicted octanol–water partition coefficient (Wildman–Crippen LogP) is 2.38. The highest BCUT2D eigenvalue weighted by Crippen LogP contribution is 2.26. The molecule has 120 valence electrons. The maximum atomic E-state index is 12.8. The molecule has 2 aromatic carbocycles. The molecule has 24 heavy (non-hydrogen) atoms. The van der Waals surface area contributed by atoms with E-state index in [1.165, 1.54) is 16.5 Å². The predicted molar refractivity (Wildman–Crippen MR) is 93.1 cm³/mol. The number of para-hydroxylation sites is 2. The fraction of sp³-hybridized carbons (Fsp3) is 0.211. The molecule has 1 aromatic heterocycles. The van der Waals surface area contributed by atoms with Crippen molar-refractivity contribution in [2.24, 2.45) is 0 Å². The summed E-state index contributed by atoms with van der Waals surface area (Å²) in [6.45, 7) is 0.691. The summed E-state index contributed by atoms with van der Waals surface area (Å²) in [4.78, 5) is 31.4. The van der Waals surface area contributed by atoms with Gasteiger partial charge in [0.15, 0.2) is 0 Å². The van der Waals surface area contributed by atoms with Crippen LogP contribution in [0.25, 0.3) is 10.9 Å². The maximum absolute atomic E-state index is 12.8. The summed E-state index contributed by atoms with van der Waals surface area (Å²) in [5, 5.41) is 0.534. The largest absolute Gasteiger partial charge is 0.311 e. The van der Waals surface area contributed by atoms with Crippen molar-refractivity contribution in [3.63, 3.8) is 0 Å². The summed E-state index contributed by atoms with van der Waals surface area (Å²) in [7, 11) is 0. The van der Waals surface area contributed by atoms with E-state index in [4.69, 9.17) is 0 Å². The number of aryl methyl sites for hydroxylation is 1. The zero-order chi connectivity index (χ0) is 16.5. The smallest absolute Gasteiger partial charge is 0.261 e. The highest BCUT2D eigenvalue weighted by molar-refractivity contribution is 5.94. The Labute approximate surface area is 139 Å². The zero-order valence-electron chi connectivity index (χ0n) is 13.2. The third-order valence-electron chi connectivity index (χ3n) is 4.45. The molecule has 1 aliphatic rings. The van der Waals surface area contributed by atoms with Crippen LogP contribution >= 0.6 is 0 Å². The molecule has 5 nitrogen and oxygen atoms in total. The van der Waals surface area contributed by atoms with E-state index in [1.54, 1.807) is 23.1 Å². The number of anilines is 1. The van der Waals surface area contributed by atoms with Gasteiger partial charge in [0.25, 0.3) is 5.56 Å². The fourth-order valence-electron chi connectivity index (χ4n) is 3.24. The lowest BCUT2D eigenvalue weighted by atomic mass is 10.0. The van der Waals surface area contributed by atoms with Crippen molar-refractivity contribution >= 4 is 22.5 Å². The van der Waals surface area contributed by atoms with Crippen molar-refractivity contribution in [2.75, 3.05) is 11.4 Å². The molecular formula is C19H17N3O2. The van der Waals surface area contributed by atoms with Gasteiger partial charge in [0.1, 0.15) is 6.54 Å². The van der Waals surface area contributed by atoms with Crippen LogP contribution in [0, 0.1) is 0 Å². The van der Waals surface area contributed by atoms with Crippen molar-refractivity contribution in [3.05, 3.63) is 70.8 Å². The van der Waals surface area contributed by atoms with Gasteiger partial charge in [0.2, 0.25) is 5.91 Å². The van der Waals surface area contributed by atoms with E-state index >= 15 is 0 Å². The molecule has 0 atom stereocenters. The quantitative estimate of drug-likeness (QED) is 0.729. The van der Waals surface area contributed by atoms with E-state index in [-0.39, 0.29) is 18.0 Å². The molecule has 1 aliphatic heterocycles.